The van der Waals surface area contributed by atoms with Crippen LogP contribution in [0.4, 0.5) is 8.78 Å². The fourth-order valence-corrected chi connectivity index (χ4v) is 4.01. The number of halogens is 2. The van der Waals surface area contributed by atoms with E-state index in [0.717, 1.165) is 31.3 Å². The number of pyridine rings is 1. The molecule has 2 aliphatic rings. The Kier molecular flexibility index (Phi) is 4.21. The molecule has 0 N–H and O–H groups in total. The molecule has 4 nitrogen and oxygen atoms in total. The lowest BCUT2D eigenvalue weighted by molar-refractivity contribution is -0.129. The maximum atomic E-state index is 13.4. The van der Waals surface area contributed by atoms with Gasteiger partial charge in [-0.2, -0.15) is 0 Å². The third kappa shape index (κ3) is 3.26. The maximum absolute atomic E-state index is 13.4. The highest BCUT2D eigenvalue weighted by Gasteiger charge is 2.46. The van der Waals surface area contributed by atoms with Gasteiger partial charge in [0, 0.05) is 50.4 Å². The average Bonchev–Trinajstić information content (AvgIpc) is 3.08. The first-order valence-corrected chi connectivity index (χ1v) is 8.48. The van der Waals surface area contributed by atoms with Gasteiger partial charge in [0.1, 0.15) is 11.6 Å². The van der Waals surface area contributed by atoms with E-state index in [1.165, 1.54) is 12.1 Å². The van der Waals surface area contributed by atoms with E-state index >= 15 is 0 Å². The van der Waals surface area contributed by atoms with E-state index in [0.29, 0.717) is 12.0 Å². The lowest BCUT2D eigenvalue weighted by Crippen LogP contribution is -2.36. The number of fused-ring (bicyclic) bond motifs is 1. The van der Waals surface area contributed by atoms with Crippen molar-refractivity contribution in [1.82, 2.24) is 14.8 Å². The molecule has 0 bridgehead atoms. The molecule has 1 aromatic carbocycles. The Morgan fingerprint density at radius 2 is 1.88 bits per heavy atom. The third-order valence-corrected chi connectivity index (χ3v) is 5.10. The number of hydrogen-bond donors (Lipinski definition) is 0. The summed E-state index contributed by atoms with van der Waals surface area (Å²) in [7, 11) is 0. The van der Waals surface area contributed by atoms with Crippen molar-refractivity contribution < 1.29 is 13.6 Å². The van der Waals surface area contributed by atoms with Crippen molar-refractivity contribution in [3.05, 3.63) is 65.5 Å². The summed E-state index contributed by atoms with van der Waals surface area (Å²) in [5, 5.41) is 0. The van der Waals surface area contributed by atoms with Crippen LogP contribution in [0.1, 0.15) is 24.1 Å². The predicted octanol–water partition coefficient (Wildman–Crippen LogP) is 2.74. The molecule has 2 fully saturated rings. The van der Waals surface area contributed by atoms with E-state index in [4.69, 9.17) is 0 Å². The van der Waals surface area contributed by atoms with Gasteiger partial charge in [-0.3, -0.25) is 14.7 Å². The summed E-state index contributed by atoms with van der Waals surface area (Å²) in [4.78, 5) is 20.9. The maximum Gasteiger partial charge on any atom is 0.224 e. The molecule has 0 spiro atoms. The van der Waals surface area contributed by atoms with Crippen LogP contribution in [-0.2, 0) is 17.9 Å². The van der Waals surface area contributed by atoms with Gasteiger partial charge in [-0.15, -0.1) is 0 Å². The van der Waals surface area contributed by atoms with Gasteiger partial charge in [0.15, 0.2) is 0 Å². The van der Waals surface area contributed by atoms with Gasteiger partial charge < -0.3 is 4.90 Å². The lowest BCUT2D eigenvalue weighted by Gasteiger charge is -2.25. The van der Waals surface area contributed by atoms with Crippen LogP contribution in [-0.4, -0.2) is 39.3 Å². The molecular formula is C19H19F2N3O. The van der Waals surface area contributed by atoms with Crippen LogP contribution in [0.15, 0.2) is 42.6 Å². The van der Waals surface area contributed by atoms with Crippen molar-refractivity contribution in [3.8, 4) is 0 Å². The van der Waals surface area contributed by atoms with E-state index in [1.807, 2.05) is 18.2 Å². The van der Waals surface area contributed by atoms with E-state index < -0.39 is 11.6 Å². The zero-order chi connectivity index (χ0) is 17.4. The molecule has 0 aliphatic carbocycles. The smallest absolute Gasteiger partial charge is 0.224 e. The van der Waals surface area contributed by atoms with E-state index in [-0.39, 0.29) is 24.5 Å². The lowest BCUT2D eigenvalue weighted by atomic mass is 10.1. The summed E-state index contributed by atoms with van der Waals surface area (Å²) < 4.78 is 26.8. The summed E-state index contributed by atoms with van der Waals surface area (Å²) in [6.07, 6.45) is 3.10. The second-order valence-corrected chi connectivity index (χ2v) is 6.72. The summed E-state index contributed by atoms with van der Waals surface area (Å²) in [6.45, 7) is 1.87. The highest BCUT2D eigenvalue weighted by molar-refractivity contribution is 5.80. The van der Waals surface area contributed by atoms with Crippen LogP contribution < -0.4 is 0 Å². The topological polar surface area (TPSA) is 36.4 Å². The first kappa shape index (κ1) is 16.1. The van der Waals surface area contributed by atoms with Crippen molar-refractivity contribution in [3.63, 3.8) is 0 Å². The Bertz CT molecular complexity index is 763. The number of rotatable bonds is 4. The molecular weight excluding hydrogens is 324 g/mol. The largest absolute Gasteiger partial charge is 0.334 e. The molecule has 4 rings (SSSR count). The molecule has 6 heteroatoms. The molecule has 2 aromatic rings. The van der Waals surface area contributed by atoms with Crippen LogP contribution in [0, 0.1) is 11.6 Å². The number of carbonyl (C=O) groups excluding carboxylic acids is 1. The second-order valence-electron chi connectivity index (χ2n) is 6.72. The average molecular weight is 343 g/mol. The van der Waals surface area contributed by atoms with Gasteiger partial charge in [0.2, 0.25) is 5.91 Å². The Morgan fingerprint density at radius 3 is 2.60 bits per heavy atom. The molecule has 1 aromatic heterocycles. The van der Waals surface area contributed by atoms with E-state index in [9.17, 15) is 13.6 Å². The minimum absolute atomic E-state index is 0.0467. The Labute approximate surface area is 145 Å². The molecule has 25 heavy (non-hydrogen) atoms. The van der Waals surface area contributed by atoms with Crippen LogP contribution in [0.2, 0.25) is 0 Å². The SMILES string of the molecule is O=C1C[C@H]2[C@H](CCN2Cc2ccccn2)N1Cc1cc(F)cc(F)c1. The van der Waals surface area contributed by atoms with Crippen LogP contribution in [0.25, 0.3) is 0 Å². The molecule has 2 aliphatic heterocycles. The van der Waals surface area contributed by atoms with Crippen molar-refractivity contribution in [1.29, 1.82) is 0 Å². The minimum Gasteiger partial charge on any atom is -0.334 e. The molecule has 130 valence electrons. The molecule has 3 heterocycles. The van der Waals surface area contributed by atoms with Crippen LogP contribution in [0.3, 0.4) is 0 Å². The Balaban J connectivity index is 1.48. The minimum atomic E-state index is -0.610. The Hall–Kier alpha value is -2.34. The second kappa shape index (κ2) is 6.52. The van der Waals surface area contributed by atoms with Gasteiger partial charge in [-0.25, -0.2) is 8.78 Å². The zero-order valence-corrected chi connectivity index (χ0v) is 13.7. The molecule has 0 unspecified atom stereocenters. The molecule has 1 amide bonds. The van der Waals surface area contributed by atoms with Crippen molar-refractivity contribution >= 4 is 5.91 Å². The van der Waals surface area contributed by atoms with Gasteiger partial charge in [0.05, 0.1) is 5.69 Å². The van der Waals surface area contributed by atoms with E-state index in [2.05, 4.69) is 9.88 Å². The summed E-state index contributed by atoms with van der Waals surface area (Å²) in [6, 6.07) is 9.51. The van der Waals surface area contributed by atoms with Crippen molar-refractivity contribution in [2.75, 3.05) is 6.54 Å². The number of benzene rings is 1. The van der Waals surface area contributed by atoms with Gasteiger partial charge >= 0.3 is 0 Å². The number of hydrogen-bond acceptors (Lipinski definition) is 3. The zero-order valence-electron chi connectivity index (χ0n) is 13.7. The summed E-state index contributed by atoms with van der Waals surface area (Å²) in [5.41, 5.74) is 1.48. The highest BCUT2D eigenvalue weighted by atomic mass is 19.1. The first-order chi connectivity index (χ1) is 12.1. The van der Waals surface area contributed by atoms with Crippen LogP contribution in [0.5, 0.6) is 0 Å². The normalized spacial score (nSPS) is 23.3. The third-order valence-electron chi connectivity index (χ3n) is 5.10. The monoisotopic (exact) mass is 343 g/mol. The molecule has 0 saturated carbocycles. The quantitative estimate of drug-likeness (QED) is 0.856. The van der Waals surface area contributed by atoms with Gasteiger partial charge in [-0.05, 0) is 36.2 Å². The standard InChI is InChI=1S/C19H19F2N3O/c20-14-7-13(8-15(21)9-14)11-24-17-4-6-23(18(17)10-19(24)25)12-16-3-1-2-5-22-16/h1-3,5,7-9,17-18H,4,6,10-12H2/t17-,18-/m0/s1. The van der Waals surface area contributed by atoms with Gasteiger partial charge in [0.25, 0.3) is 0 Å². The first-order valence-electron chi connectivity index (χ1n) is 8.48. The number of aromatic nitrogens is 1. The molecule has 2 saturated heterocycles. The van der Waals surface area contributed by atoms with Crippen LogP contribution >= 0.6 is 0 Å². The Morgan fingerprint density at radius 1 is 1.08 bits per heavy atom. The van der Waals surface area contributed by atoms with Gasteiger partial charge in [-0.1, -0.05) is 6.07 Å². The number of likely N-dealkylation sites (tertiary alicyclic amines) is 2. The molecule has 0 radical (unpaired) electrons. The summed E-state index contributed by atoms with van der Waals surface area (Å²) in [5.74, 6) is -1.17. The van der Waals surface area contributed by atoms with Crippen molar-refractivity contribution in [2.45, 2.75) is 38.0 Å². The number of nitrogens with zero attached hydrogens (tertiary/aromatic N) is 3. The molecule has 2 atom stereocenters. The summed E-state index contributed by atoms with van der Waals surface area (Å²) >= 11 is 0. The van der Waals surface area contributed by atoms with Crippen molar-refractivity contribution in [2.24, 2.45) is 0 Å². The highest BCUT2D eigenvalue weighted by Crippen LogP contribution is 2.34. The predicted molar refractivity (Wildman–Crippen MR) is 88.4 cm³/mol. The fraction of sp³-hybridized carbons (Fsp3) is 0.368. The van der Waals surface area contributed by atoms with E-state index in [1.54, 1.807) is 11.1 Å². The number of amides is 1. The fourth-order valence-electron chi connectivity index (χ4n) is 4.01. The number of carbonyl (C=O) groups is 1.